The van der Waals surface area contributed by atoms with E-state index >= 15 is 0 Å². The maximum Gasteiger partial charge on any atom is 0.319 e. The fourth-order valence-corrected chi connectivity index (χ4v) is 1.22. The Morgan fingerprint density at radius 1 is 1.29 bits per heavy atom. The third kappa shape index (κ3) is 3.71. The molecule has 0 heterocycles. The fourth-order valence-electron chi connectivity index (χ4n) is 1.22. The Labute approximate surface area is 95.9 Å². The van der Waals surface area contributed by atoms with Gasteiger partial charge >= 0.3 is 12.3 Å². The SMILES string of the molecule is N#Cc1ccccc1CNCC(F)(F)C(F)F. The maximum absolute atomic E-state index is 12.6. The van der Waals surface area contributed by atoms with Crippen molar-refractivity contribution in [2.75, 3.05) is 6.54 Å². The summed E-state index contributed by atoms with van der Waals surface area (Å²) < 4.78 is 48.8. The zero-order valence-corrected chi connectivity index (χ0v) is 8.76. The van der Waals surface area contributed by atoms with Crippen LogP contribution in [0.25, 0.3) is 0 Å². The predicted molar refractivity (Wildman–Crippen MR) is 53.8 cm³/mol. The van der Waals surface area contributed by atoms with Crippen molar-refractivity contribution >= 4 is 0 Å². The van der Waals surface area contributed by atoms with Crippen LogP contribution < -0.4 is 5.32 Å². The van der Waals surface area contributed by atoms with Gasteiger partial charge in [-0.25, -0.2) is 8.78 Å². The van der Waals surface area contributed by atoms with Gasteiger partial charge in [0.15, 0.2) is 0 Å². The molecule has 0 radical (unpaired) electrons. The average molecular weight is 246 g/mol. The van der Waals surface area contributed by atoms with E-state index in [1.54, 1.807) is 18.2 Å². The summed E-state index contributed by atoms with van der Waals surface area (Å²) in [4.78, 5) is 0. The highest BCUT2D eigenvalue weighted by molar-refractivity contribution is 5.37. The van der Waals surface area contributed by atoms with Crippen molar-refractivity contribution in [2.24, 2.45) is 0 Å². The second-order valence-electron chi connectivity index (χ2n) is 3.43. The minimum absolute atomic E-state index is 0.0496. The van der Waals surface area contributed by atoms with E-state index in [2.05, 4.69) is 5.32 Å². The molecule has 0 saturated carbocycles. The number of nitriles is 1. The van der Waals surface area contributed by atoms with Crippen molar-refractivity contribution in [3.63, 3.8) is 0 Å². The van der Waals surface area contributed by atoms with Crippen LogP contribution in [0.5, 0.6) is 0 Å². The number of benzene rings is 1. The first-order chi connectivity index (χ1) is 7.97. The first-order valence-electron chi connectivity index (χ1n) is 4.82. The fraction of sp³-hybridized carbons (Fsp3) is 0.364. The summed E-state index contributed by atoms with van der Waals surface area (Å²) in [5.74, 6) is -4.05. The first-order valence-corrected chi connectivity index (χ1v) is 4.82. The molecule has 17 heavy (non-hydrogen) atoms. The molecule has 0 aromatic heterocycles. The van der Waals surface area contributed by atoms with E-state index in [9.17, 15) is 17.6 Å². The Balaban J connectivity index is 2.55. The Morgan fingerprint density at radius 2 is 1.94 bits per heavy atom. The minimum atomic E-state index is -4.05. The lowest BCUT2D eigenvalue weighted by atomic mass is 10.1. The highest BCUT2D eigenvalue weighted by atomic mass is 19.3. The maximum atomic E-state index is 12.6. The second-order valence-corrected chi connectivity index (χ2v) is 3.43. The van der Waals surface area contributed by atoms with Gasteiger partial charge in [-0.1, -0.05) is 18.2 Å². The summed E-state index contributed by atoms with van der Waals surface area (Å²) in [6, 6.07) is 8.27. The van der Waals surface area contributed by atoms with Gasteiger partial charge in [0.2, 0.25) is 0 Å². The molecule has 0 aliphatic carbocycles. The molecule has 1 rings (SSSR count). The first kappa shape index (κ1) is 13.5. The van der Waals surface area contributed by atoms with Crippen molar-refractivity contribution in [1.82, 2.24) is 5.32 Å². The zero-order chi connectivity index (χ0) is 12.9. The van der Waals surface area contributed by atoms with E-state index in [1.165, 1.54) is 6.07 Å². The van der Waals surface area contributed by atoms with E-state index in [0.717, 1.165) is 0 Å². The van der Waals surface area contributed by atoms with Crippen LogP contribution in [-0.4, -0.2) is 18.9 Å². The van der Waals surface area contributed by atoms with Crippen molar-refractivity contribution in [2.45, 2.75) is 18.9 Å². The Hall–Kier alpha value is -1.61. The Morgan fingerprint density at radius 3 is 2.53 bits per heavy atom. The molecule has 6 heteroatoms. The molecule has 0 spiro atoms. The van der Waals surface area contributed by atoms with Gasteiger partial charge in [-0.3, -0.25) is 0 Å². The molecular weight excluding hydrogens is 236 g/mol. The van der Waals surface area contributed by atoms with Crippen LogP contribution in [0.4, 0.5) is 17.6 Å². The molecule has 0 saturated heterocycles. The molecule has 1 N–H and O–H groups in total. The monoisotopic (exact) mass is 246 g/mol. The van der Waals surface area contributed by atoms with Crippen molar-refractivity contribution in [1.29, 1.82) is 5.26 Å². The number of halogens is 4. The number of nitrogens with one attached hydrogen (secondary N) is 1. The van der Waals surface area contributed by atoms with Crippen LogP contribution in [-0.2, 0) is 6.54 Å². The van der Waals surface area contributed by atoms with Crippen molar-refractivity contribution in [3.8, 4) is 6.07 Å². The lowest BCUT2D eigenvalue weighted by Gasteiger charge is -2.15. The van der Waals surface area contributed by atoms with Crippen LogP contribution in [0.3, 0.4) is 0 Å². The molecule has 0 fully saturated rings. The average Bonchev–Trinajstić information content (AvgIpc) is 2.29. The van der Waals surface area contributed by atoms with Crippen LogP contribution in [0, 0.1) is 11.3 Å². The Bertz CT molecular complexity index is 412. The van der Waals surface area contributed by atoms with E-state index in [0.29, 0.717) is 11.1 Å². The number of hydrogen-bond donors (Lipinski definition) is 1. The van der Waals surface area contributed by atoms with Crippen LogP contribution in [0.15, 0.2) is 24.3 Å². The van der Waals surface area contributed by atoms with E-state index in [1.807, 2.05) is 6.07 Å². The molecule has 92 valence electrons. The summed E-state index contributed by atoms with van der Waals surface area (Å²) in [5.41, 5.74) is 0.834. The smallest absolute Gasteiger partial charge is 0.307 e. The van der Waals surface area contributed by atoms with Gasteiger partial charge in [0.25, 0.3) is 0 Å². The minimum Gasteiger partial charge on any atom is -0.307 e. The third-order valence-corrected chi connectivity index (χ3v) is 2.13. The summed E-state index contributed by atoms with van der Waals surface area (Å²) in [5, 5.41) is 10.9. The van der Waals surface area contributed by atoms with Crippen LogP contribution in [0.2, 0.25) is 0 Å². The van der Waals surface area contributed by atoms with Crippen molar-refractivity contribution < 1.29 is 17.6 Å². The van der Waals surface area contributed by atoms with Gasteiger partial charge < -0.3 is 5.32 Å². The molecule has 0 unspecified atom stereocenters. The molecule has 0 aliphatic rings. The number of nitrogens with zero attached hydrogens (tertiary/aromatic N) is 1. The van der Waals surface area contributed by atoms with Gasteiger partial charge in [0.05, 0.1) is 18.2 Å². The number of alkyl halides is 4. The van der Waals surface area contributed by atoms with Gasteiger partial charge in [0.1, 0.15) is 0 Å². The molecule has 1 aromatic rings. The number of rotatable bonds is 5. The Kier molecular flexibility index (Phi) is 4.46. The highest BCUT2D eigenvalue weighted by Crippen LogP contribution is 2.21. The lowest BCUT2D eigenvalue weighted by molar-refractivity contribution is -0.125. The molecule has 0 bridgehead atoms. The highest BCUT2D eigenvalue weighted by Gasteiger charge is 2.39. The van der Waals surface area contributed by atoms with Gasteiger partial charge in [-0.05, 0) is 11.6 Å². The third-order valence-electron chi connectivity index (χ3n) is 2.13. The number of hydrogen-bond acceptors (Lipinski definition) is 2. The van der Waals surface area contributed by atoms with Crippen LogP contribution in [0.1, 0.15) is 11.1 Å². The summed E-state index contributed by atoms with van der Waals surface area (Å²) >= 11 is 0. The van der Waals surface area contributed by atoms with Gasteiger partial charge in [0, 0.05) is 6.54 Å². The largest absolute Gasteiger partial charge is 0.319 e. The summed E-state index contributed by atoms with van der Waals surface area (Å²) in [6.07, 6.45) is -3.69. The zero-order valence-electron chi connectivity index (χ0n) is 8.76. The summed E-state index contributed by atoms with van der Waals surface area (Å²) in [7, 11) is 0. The molecule has 1 aromatic carbocycles. The van der Waals surface area contributed by atoms with Crippen molar-refractivity contribution in [3.05, 3.63) is 35.4 Å². The van der Waals surface area contributed by atoms with E-state index < -0.39 is 18.9 Å². The predicted octanol–water partition coefficient (Wildman–Crippen LogP) is 2.55. The van der Waals surface area contributed by atoms with E-state index in [4.69, 9.17) is 5.26 Å². The quantitative estimate of drug-likeness (QED) is 0.810. The molecule has 0 atom stereocenters. The van der Waals surface area contributed by atoms with Crippen LogP contribution >= 0.6 is 0 Å². The lowest BCUT2D eigenvalue weighted by Crippen LogP contribution is -2.38. The standard InChI is InChI=1S/C11H10F4N2/c12-10(13)11(14,15)7-17-6-9-4-2-1-3-8(9)5-16/h1-4,10,17H,6-7H2. The molecule has 0 aliphatic heterocycles. The van der Waals surface area contributed by atoms with Gasteiger partial charge in [-0.2, -0.15) is 14.0 Å². The molecular formula is C11H10F4N2. The normalized spacial score (nSPS) is 11.5. The second kappa shape index (κ2) is 5.64. The molecule has 2 nitrogen and oxygen atoms in total. The topological polar surface area (TPSA) is 35.8 Å². The molecule has 0 amide bonds. The van der Waals surface area contributed by atoms with Gasteiger partial charge in [-0.15, -0.1) is 0 Å². The summed E-state index contributed by atoms with van der Waals surface area (Å²) in [6.45, 7) is -1.17. The van der Waals surface area contributed by atoms with E-state index in [-0.39, 0.29) is 6.54 Å².